The van der Waals surface area contributed by atoms with E-state index in [-0.39, 0.29) is 11.9 Å². The van der Waals surface area contributed by atoms with E-state index in [0.717, 1.165) is 23.1 Å². The fourth-order valence-electron chi connectivity index (χ4n) is 2.99. The Morgan fingerprint density at radius 3 is 3.12 bits per heavy atom. The Morgan fingerprint density at radius 1 is 1.46 bits per heavy atom. The molecule has 2 aliphatic heterocycles. The Kier molecular flexibility index (Phi) is 4.23. The van der Waals surface area contributed by atoms with Crippen LogP contribution in [0, 0.1) is 0 Å². The number of carbonyl (C=O) groups excluding carboxylic acids is 2. The summed E-state index contributed by atoms with van der Waals surface area (Å²) < 4.78 is 7.72. The van der Waals surface area contributed by atoms with E-state index in [2.05, 4.69) is 20.2 Å². The van der Waals surface area contributed by atoms with Crippen LogP contribution in [0.5, 0.6) is 5.75 Å². The fourth-order valence-corrected chi connectivity index (χ4v) is 3.95. The number of urea groups is 1. The van der Waals surface area contributed by atoms with Crippen LogP contribution >= 0.6 is 11.8 Å². The van der Waals surface area contributed by atoms with Crippen LogP contribution in [0.25, 0.3) is 0 Å². The van der Waals surface area contributed by atoms with Crippen molar-refractivity contribution in [2.45, 2.75) is 31.3 Å². The molecule has 3 heterocycles. The van der Waals surface area contributed by atoms with Gasteiger partial charge < -0.3 is 24.8 Å². The predicted molar refractivity (Wildman–Crippen MR) is 98.8 cm³/mol. The number of hydrogen-bond acceptors (Lipinski definition) is 5. The van der Waals surface area contributed by atoms with Gasteiger partial charge in [-0.15, -0.1) is 0 Å². The first-order chi connectivity index (χ1) is 12.5. The molecule has 2 aromatic rings. The SMILES string of the molecule is CC1Oc2cc(NC(=O)NCc3cn4c(n3)SCC4)ccc2N(C)C1=O. The van der Waals surface area contributed by atoms with Crippen molar-refractivity contribution >= 4 is 35.1 Å². The van der Waals surface area contributed by atoms with Gasteiger partial charge in [-0.25, -0.2) is 9.78 Å². The zero-order chi connectivity index (χ0) is 18.3. The van der Waals surface area contributed by atoms with Crippen molar-refractivity contribution in [1.29, 1.82) is 0 Å². The van der Waals surface area contributed by atoms with Gasteiger partial charge in [-0.2, -0.15) is 0 Å². The van der Waals surface area contributed by atoms with Gasteiger partial charge in [0.2, 0.25) is 0 Å². The van der Waals surface area contributed by atoms with E-state index in [1.54, 1.807) is 48.8 Å². The first kappa shape index (κ1) is 16.8. The van der Waals surface area contributed by atoms with Crippen LogP contribution in [0.15, 0.2) is 29.6 Å². The number of aromatic nitrogens is 2. The molecule has 0 aliphatic carbocycles. The zero-order valence-electron chi connectivity index (χ0n) is 14.5. The molecule has 0 saturated carbocycles. The summed E-state index contributed by atoms with van der Waals surface area (Å²) in [5, 5.41) is 6.58. The largest absolute Gasteiger partial charge is 0.479 e. The first-order valence-electron chi connectivity index (χ1n) is 8.33. The molecule has 8 nitrogen and oxygen atoms in total. The molecule has 0 bridgehead atoms. The van der Waals surface area contributed by atoms with Gasteiger partial charge in [0.15, 0.2) is 11.3 Å². The van der Waals surface area contributed by atoms with Crippen LogP contribution in [0.1, 0.15) is 12.6 Å². The van der Waals surface area contributed by atoms with E-state index in [1.807, 2.05) is 6.20 Å². The number of ether oxygens (including phenoxy) is 1. The number of aryl methyl sites for hydroxylation is 1. The van der Waals surface area contributed by atoms with Crippen molar-refractivity contribution in [2.75, 3.05) is 23.0 Å². The molecule has 4 rings (SSSR count). The Morgan fingerprint density at radius 2 is 2.31 bits per heavy atom. The van der Waals surface area contributed by atoms with E-state index < -0.39 is 6.10 Å². The van der Waals surface area contributed by atoms with Crippen molar-refractivity contribution in [3.63, 3.8) is 0 Å². The number of carbonyl (C=O) groups is 2. The number of amides is 3. The van der Waals surface area contributed by atoms with Crippen LogP contribution in [0.4, 0.5) is 16.2 Å². The molecular formula is C17H19N5O3S. The van der Waals surface area contributed by atoms with Crippen LogP contribution in [0.3, 0.4) is 0 Å². The second-order valence-electron chi connectivity index (χ2n) is 6.20. The highest BCUT2D eigenvalue weighted by Crippen LogP contribution is 2.35. The summed E-state index contributed by atoms with van der Waals surface area (Å²) in [5.41, 5.74) is 2.12. The number of nitrogens with zero attached hydrogens (tertiary/aromatic N) is 3. The maximum Gasteiger partial charge on any atom is 0.319 e. The van der Waals surface area contributed by atoms with Gasteiger partial charge in [0.1, 0.15) is 5.75 Å². The lowest BCUT2D eigenvalue weighted by Gasteiger charge is -2.30. The Balaban J connectivity index is 1.38. The van der Waals surface area contributed by atoms with Crippen LogP contribution in [0.2, 0.25) is 0 Å². The van der Waals surface area contributed by atoms with Crippen LogP contribution < -0.4 is 20.3 Å². The highest BCUT2D eigenvalue weighted by molar-refractivity contribution is 7.99. The Hall–Kier alpha value is -2.68. The van der Waals surface area contributed by atoms with Gasteiger partial charge in [0.25, 0.3) is 5.91 Å². The van der Waals surface area contributed by atoms with E-state index >= 15 is 0 Å². The molecule has 2 N–H and O–H groups in total. The predicted octanol–water partition coefficient (Wildman–Crippen LogP) is 2.05. The average molecular weight is 373 g/mol. The number of anilines is 2. The molecule has 136 valence electrons. The number of likely N-dealkylation sites (N-methyl/N-ethyl adjacent to an activating group) is 1. The summed E-state index contributed by atoms with van der Waals surface area (Å²) in [5.74, 6) is 1.53. The maximum atomic E-state index is 12.1. The normalized spacial score (nSPS) is 18.2. The quantitative estimate of drug-likeness (QED) is 0.860. The molecule has 26 heavy (non-hydrogen) atoms. The lowest BCUT2D eigenvalue weighted by Crippen LogP contribution is -2.42. The maximum absolute atomic E-state index is 12.1. The monoisotopic (exact) mass is 373 g/mol. The highest BCUT2D eigenvalue weighted by Gasteiger charge is 2.29. The van der Waals surface area contributed by atoms with Crippen molar-refractivity contribution in [3.05, 3.63) is 30.1 Å². The average Bonchev–Trinajstić information content (AvgIpc) is 3.19. The smallest absolute Gasteiger partial charge is 0.319 e. The number of imidazole rings is 1. The third-order valence-corrected chi connectivity index (χ3v) is 5.32. The molecule has 1 aromatic carbocycles. The molecular weight excluding hydrogens is 354 g/mol. The summed E-state index contributed by atoms with van der Waals surface area (Å²) in [4.78, 5) is 30.1. The fraction of sp³-hybridized carbons (Fsp3) is 0.353. The molecule has 9 heteroatoms. The number of nitrogens with one attached hydrogen (secondary N) is 2. The molecule has 1 unspecified atom stereocenters. The van der Waals surface area contributed by atoms with Gasteiger partial charge in [-0.3, -0.25) is 4.79 Å². The van der Waals surface area contributed by atoms with Crippen LogP contribution in [-0.2, 0) is 17.9 Å². The topological polar surface area (TPSA) is 88.5 Å². The Labute approximate surface area is 154 Å². The number of benzene rings is 1. The third-order valence-electron chi connectivity index (χ3n) is 4.34. The molecule has 0 fully saturated rings. The number of hydrogen-bond donors (Lipinski definition) is 2. The first-order valence-corrected chi connectivity index (χ1v) is 9.32. The summed E-state index contributed by atoms with van der Waals surface area (Å²) in [6, 6.07) is 4.89. The third kappa shape index (κ3) is 3.10. The van der Waals surface area contributed by atoms with E-state index in [1.165, 1.54) is 0 Å². The van der Waals surface area contributed by atoms with E-state index in [4.69, 9.17) is 4.74 Å². The van der Waals surface area contributed by atoms with Gasteiger partial charge >= 0.3 is 6.03 Å². The summed E-state index contributed by atoms with van der Waals surface area (Å²) in [6.45, 7) is 3.03. The highest BCUT2D eigenvalue weighted by atomic mass is 32.2. The van der Waals surface area contributed by atoms with Crippen molar-refractivity contribution in [1.82, 2.24) is 14.9 Å². The van der Waals surface area contributed by atoms with Crippen molar-refractivity contribution in [3.8, 4) is 5.75 Å². The number of fused-ring (bicyclic) bond motifs is 2. The molecule has 2 aliphatic rings. The lowest BCUT2D eigenvalue weighted by atomic mass is 10.2. The minimum absolute atomic E-state index is 0.0962. The lowest BCUT2D eigenvalue weighted by molar-refractivity contribution is -0.125. The molecule has 0 saturated heterocycles. The minimum atomic E-state index is -0.544. The van der Waals surface area contributed by atoms with Gasteiger partial charge in [-0.05, 0) is 19.1 Å². The molecule has 1 atom stereocenters. The minimum Gasteiger partial charge on any atom is -0.479 e. The van der Waals surface area contributed by atoms with Gasteiger partial charge in [0, 0.05) is 37.3 Å². The second-order valence-corrected chi connectivity index (χ2v) is 7.27. The zero-order valence-corrected chi connectivity index (χ0v) is 15.3. The summed E-state index contributed by atoms with van der Waals surface area (Å²) in [7, 11) is 1.71. The summed E-state index contributed by atoms with van der Waals surface area (Å²) >= 11 is 1.72. The molecule has 0 spiro atoms. The number of rotatable bonds is 3. The Bertz CT molecular complexity index is 860. The summed E-state index contributed by atoms with van der Waals surface area (Å²) in [6.07, 6.45) is 1.42. The molecule has 1 aromatic heterocycles. The van der Waals surface area contributed by atoms with E-state index in [9.17, 15) is 9.59 Å². The molecule has 0 radical (unpaired) electrons. The standard InChI is InChI=1S/C17H19N5O3S/c1-10-15(23)21(2)13-4-3-11(7-14(13)25-10)19-16(24)18-8-12-9-22-5-6-26-17(22)20-12/h3-4,7,9-10H,5-6,8H2,1-2H3,(H2,18,19,24). The second kappa shape index (κ2) is 6.56. The van der Waals surface area contributed by atoms with Gasteiger partial charge in [-0.1, -0.05) is 11.8 Å². The van der Waals surface area contributed by atoms with E-state index in [0.29, 0.717) is 23.7 Å². The number of thioether (sulfide) groups is 1. The van der Waals surface area contributed by atoms with Crippen molar-refractivity contribution < 1.29 is 14.3 Å². The molecule has 3 amide bonds. The van der Waals surface area contributed by atoms with Crippen molar-refractivity contribution in [2.24, 2.45) is 0 Å². The van der Waals surface area contributed by atoms with Crippen LogP contribution in [-0.4, -0.2) is 40.4 Å². The van der Waals surface area contributed by atoms with Gasteiger partial charge in [0.05, 0.1) is 17.9 Å².